The van der Waals surface area contributed by atoms with Crippen LogP contribution in [0.25, 0.3) is 22.0 Å². The number of nitrogens with zero attached hydrogens (tertiary/aromatic N) is 3. The molecule has 1 fully saturated rings. The Bertz CT molecular complexity index is 1430. The second-order valence-electron chi connectivity index (χ2n) is 10.7. The number of hydrogen-bond donors (Lipinski definition) is 2. The zero-order valence-corrected chi connectivity index (χ0v) is 25.2. The topological polar surface area (TPSA) is 99.4 Å². The third-order valence-corrected chi connectivity index (χ3v) is 8.98. The Morgan fingerprint density at radius 1 is 1.12 bits per heavy atom. The number of likely N-dealkylation sites (tertiary alicyclic amines) is 1. The number of aromatic nitrogens is 2. The number of piperidine rings is 1. The summed E-state index contributed by atoms with van der Waals surface area (Å²) in [4.78, 5) is 19.6. The van der Waals surface area contributed by atoms with Crippen molar-refractivity contribution in [2.45, 2.75) is 50.6 Å². The fourth-order valence-corrected chi connectivity index (χ4v) is 7.04. The maximum Gasteiger partial charge on any atom is 0.224 e. The number of pyridine rings is 1. The van der Waals surface area contributed by atoms with Gasteiger partial charge in [0, 0.05) is 83.7 Å². The van der Waals surface area contributed by atoms with Gasteiger partial charge in [0.2, 0.25) is 5.91 Å². The number of halogens is 1. The molecule has 1 aliphatic heterocycles. The van der Waals surface area contributed by atoms with Crippen molar-refractivity contribution in [3.63, 3.8) is 0 Å². The van der Waals surface area contributed by atoms with E-state index in [-0.39, 0.29) is 11.9 Å². The predicted molar refractivity (Wildman–Crippen MR) is 170 cm³/mol. The quantitative estimate of drug-likeness (QED) is 0.172. The van der Waals surface area contributed by atoms with E-state index in [0.29, 0.717) is 24.6 Å². The van der Waals surface area contributed by atoms with Gasteiger partial charge in [0.25, 0.3) is 0 Å². The van der Waals surface area contributed by atoms with Crippen molar-refractivity contribution in [1.82, 2.24) is 14.5 Å². The number of methoxy groups -OCH3 is 1. The van der Waals surface area contributed by atoms with Gasteiger partial charge in [-0.05, 0) is 77.6 Å². The summed E-state index contributed by atoms with van der Waals surface area (Å²) in [5, 5.41) is 1.29. The molecular weight excluding hydrogens is 613 g/mol. The summed E-state index contributed by atoms with van der Waals surface area (Å²) in [6, 6.07) is 20.5. The Hall–Kier alpha value is -2.95. The summed E-state index contributed by atoms with van der Waals surface area (Å²) >= 11 is 2.50. The number of carbonyl (C=O) groups is 1. The molecule has 0 spiro atoms. The average molecular weight is 652 g/mol. The molecule has 7 nitrogen and oxygen atoms in total. The first-order chi connectivity index (χ1) is 19.4. The van der Waals surface area contributed by atoms with Crippen molar-refractivity contribution in [1.29, 1.82) is 0 Å². The molecule has 4 N–H and O–H groups in total. The van der Waals surface area contributed by atoms with E-state index < -0.39 is 0 Å². The summed E-state index contributed by atoms with van der Waals surface area (Å²) < 4.78 is 9.11. The number of benzene rings is 2. The predicted octanol–water partition coefficient (Wildman–Crippen LogP) is 5.59. The van der Waals surface area contributed by atoms with Crippen LogP contribution in [-0.4, -0.2) is 53.2 Å². The molecule has 0 bridgehead atoms. The van der Waals surface area contributed by atoms with Crippen LogP contribution in [0.2, 0.25) is 0 Å². The summed E-state index contributed by atoms with van der Waals surface area (Å²) in [7, 11) is 1.75. The number of ether oxygens (including phenoxy) is 1. The molecule has 2 aromatic heterocycles. The Kier molecular flexibility index (Phi) is 9.39. The van der Waals surface area contributed by atoms with Gasteiger partial charge in [-0.25, -0.2) is 4.98 Å². The van der Waals surface area contributed by atoms with Crippen molar-refractivity contribution in [2.24, 2.45) is 5.73 Å². The van der Waals surface area contributed by atoms with Crippen molar-refractivity contribution in [3.8, 4) is 11.1 Å². The minimum atomic E-state index is -0.224. The summed E-state index contributed by atoms with van der Waals surface area (Å²) in [6.45, 7) is 3.19. The van der Waals surface area contributed by atoms with Gasteiger partial charge in [-0.1, -0.05) is 42.5 Å². The largest absolute Gasteiger partial charge is 0.385 e. The van der Waals surface area contributed by atoms with E-state index in [1.165, 1.54) is 20.2 Å². The highest BCUT2D eigenvalue weighted by Gasteiger charge is 2.30. The first-order valence-corrected chi connectivity index (χ1v) is 15.1. The van der Waals surface area contributed by atoms with Gasteiger partial charge in [0.15, 0.2) is 0 Å². The number of amides is 1. The second-order valence-corrected chi connectivity index (χ2v) is 11.8. The van der Waals surface area contributed by atoms with Crippen molar-refractivity contribution >= 4 is 45.2 Å². The minimum absolute atomic E-state index is 0.152. The van der Waals surface area contributed by atoms with Crippen LogP contribution >= 0.6 is 22.6 Å². The summed E-state index contributed by atoms with van der Waals surface area (Å²) in [5.74, 6) is 0.972. The van der Waals surface area contributed by atoms with E-state index in [2.05, 4.69) is 80.7 Å². The molecule has 1 saturated heterocycles. The van der Waals surface area contributed by atoms with E-state index in [0.717, 1.165) is 62.2 Å². The standard InChI is InChI=1S/C32H38IN5O2/c1-40-17-5-16-38-28-8-3-2-7-27(28)31(33)32(38)25-6-4-15-37(21-25)30(39)19-26(34)18-22-9-11-23(12-10-22)24-13-14-29(35)36-20-24/h2-3,7-14,20,25-26H,4-6,15-19,21,34H2,1H3,(H2,35,36)/t25?,26-/m1/s1. The van der Waals surface area contributed by atoms with Crippen LogP contribution in [0.4, 0.5) is 5.82 Å². The molecule has 0 saturated carbocycles. The number of nitrogens with two attached hydrogens (primary N) is 2. The molecule has 1 unspecified atom stereocenters. The normalized spacial score (nSPS) is 16.4. The van der Waals surface area contributed by atoms with Gasteiger partial charge in [-0.3, -0.25) is 4.79 Å². The fourth-order valence-electron chi connectivity index (χ4n) is 5.85. The smallest absolute Gasteiger partial charge is 0.224 e. The Balaban J connectivity index is 1.23. The van der Waals surface area contributed by atoms with Gasteiger partial charge < -0.3 is 25.7 Å². The molecule has 0 aliphatic carbocycles. The van der Waals surface area contributed by atoms with Gasteiger partial charge in [0.1, 0.15) is 5.82 Å². The maximum absolute atomic E-state index is 13.4. The lowest BCUT2D eigenvalue weighted by Crippen LogP contribution is -2.42. The highest BCUT2D eigenvalue weighted by atomic mass is 127. The van der Waals surface area contributed by atoms with Crippen LogP contribution in [-0.2, 0) is 22.5 Å². The van der Waals surface area contributed by atoms with Gasteiger partial charge in [-0.2, -0.15) is 0 Å². The lowest BCUT2D eigenvalue weighted by molar-refractivity contribution is -0.132. The van der Waals surface area contributed by atoms with E-state index in [9.17, 15) is 4.79 Å². The lowest BCUT2D eigenvalue weighted by atomic mass is 9.93. The number of carbonyl (C=O) groups excluding carboxylic acids is 1. The van der Waals surface area contributed by atoms with E-state index >= 15 is 0 Å². The number of aryl methyl sites for hydroxylation is 1. The van der Waals surface area contributed by atoms with Crippen LogP contribution < -0.4 is 11.5 Å². The van der Waals surface area contributed by atoms with Crippen LogP contribution in [0.5, 0.6) is 0 Å². The third kappa shape index (κ3) is 6.50. The van der Waals surface area contributed by atoms with Crippen molar-refractivity contribution < 1.29 is 9.53 Å². The van der Waals surface area contributed by atoms with Crippen molar-refractivity contribution in [2.75, 3.05) is 32.5 Å². The molecule has 4 aromatic rings. The molecule has 8 heteroatoms. The van der Waals surface area contributed by atoms with Gasteiger partial charge >= 0.3 is 0 Å². The Labute approximate surface area is 250 Å². The molecule has 2 aromatic carbocycles. The number of rotatable bonds is 10. The highest BCUT2D eigenvalue weighted by molar-refractivity contribution is 14.1. The summed E-state index contributed by atoms with van der Waals surface area (Å²) in [6.07, 6.45) is 5.84. The zero-order chi connectivity index (χ0) is 28.1. The summed E-state index contributed by atoms with van der Waals surface area (Å²) in [5.41, 5.74) is 18.1. The molecule has 40 heavy (non-hydrogen) atoms. The number of nitrogen functional groups attached to an aromatic ring is 1. The highest BCUT2D eigenvalue weighted by Crippen LogP contribution is 2.37. The zero-order valence-electron chi connectivity index (χ0n) is 23.1. The van der Waals surface area contributed by atoms with Crippen LogP contribution in [0.15, 0.2) is 66.9 Å². The van der Waals surface area contributed by atoms with E-state index in [1.54, 1.807) is 19.4 Å². The van der Waals surface area contributed by atoms with Crippen LogP contribution in [0.1, 0.15) is 42.9 Å². The van der Waals surface area contributed by atoms with E-state index in [1.807, 2.05) is 11.0 Å². The Morgan fingerprint density at radius 3 is 2.65 bits per heavy atom. The molecule has 0 radical (unpaired) electrons. The average Bonchev–Trinajstić information content (AvgIpc) is 3.25. The number of anilines is 1. The van der Waals surface area contributed by atoms with Crippen LogP contribution in [0, 0.1) is 3.57 Å². The monoisotopic (exact) mass is 651 g/mol. The number of hydrogen-bond acceptors (Lipinski definition) is 5. The van der Waals surface area contributed by atoms with E-state index in [4.69, 9.17) is 16.2 Å². The molecule has 1 aliphatic rings. The lowest BCUT2D eigenvalue weighted by Gasteiger charge is -2.34. The molecule has 3 heterocycles. The van der Waals surface area contributed by atoms with Crippen LogP contribution in [0.3, 0.4) is 0 Å². The maximum atomic E-state index is 13.4. The number of para-hydroxylation sites is 1. The Morgan fingerprint density at radius 2 is 1.90 bits per heavy atom. The third-order valence-electron chi connectivity index (χ3n) is 7.85. The molecule has 2 atom stereocenters. The fraction of sp³-hybridized carbons (Fsp3) is 0.375. The molecule has 210 valence electrons. The van der Waals surface area contributed by atoms with Gasteiger partial charge in [0.05, 0.1) is 0 Å². The SMILES string of the molecule is COCCCn1c(C2CCCN(C(=O)C[C@H](N)Cc3ccc(-c4ccc(N)nc4)cc3)C2)c(I)c2ccccc21. The second kappa shape index (κ2) is 13.1. The first-order valence-electron chi connectivity index (χ1n) is 14.0. The molecule has 5 rings (SSSR count). The number of fused-ring (bicyclic) bond motifs is 1. The van der Waals surface area contributed by atoms with Crippen molar-refractivity contribution in [3.05, 3.63) is 81.7 Å². The molecular formula is C32H38IN5O2. The van der Waals surface area contributed by atoms with Gasteiger partial charge in [-0.15, -0.1) is 0 Å². The first kappa shape index (κ1) is 28.6. The molecule has 1 amide bonds. The minimum Gasteiger partial charge on any atom is -0.385 e.